The molecule has 3 aromatic rings. The third-order valence-electron chi connectivity index (χ3n) is 7.92. The van der Waals surface area contributed by atoms with Gasteiger partial charge in [0.05, 0.1) is 39.3 Å². The Morgan fingerprint density at radius 1 is 1.12 bits per heavy atom. The summed E-state index contributed by atoms with van der Waals surface area (Å²) >= 11 is 0. The summed E-state index contributed by atoms with van der Waals surface area (Å²) in [7, 11) is 0. The van der Waals surface area contributed by atoms with Gasteiger partial charge in [-0.05, 0) is 58.7 Å². The minimum Gasteiger partial charge on any atom is -0.382 e. The van der Waals surface area contributed by atoms with Gasteiger partial charge in [-0.3, -0.25) is 9.99 Å². The molecular formula is C29H28F5N9. The highest BCUT2D eigenvalue weighted by Crippen LogP contribution is 2.45. The SMILES string of the molecule is Cc1nc(F)ccc1[C@H](Nc1cc(C#N)c2ncc(C#N)c(NCC(C)(C)C(F)(F)F)c2c1)C1=C(F)N(C2(C)CC2)NN1. The van der Waals surface area contributed by atoms with Crippen LogP contribution in [0.3, 0.4) is 0 Å². The van der Waals surface area contributed by atoms with E-state index in [1.807, 2.05) is 19.1 Å². The van der Waals surface area contributed by atoms with E-state index in [9.17, 15) is 28.1 Å². The number of nitriles is 2. The van der Waals surface area contributed by atoms with Crippen LogP contribution < -0.4 is 21.6 Å². The van der Waals surface area contributed by atoms with Crippen LogP contribution in [0.2, 0.25) is 0 Å². The zero-order chi connectivity index (χ0) is 31.3. The molecule has 1 atom stereocenters. The Morgan fingerprint density at radius 2 is 1.81 bits per heavy atom. The third-order valence-corrected chi connectivity index (χ3v) is 7.92. The second kappa shape index (κ2) is 10.5. The third kappa shape index (κ3) is 5.46. The Morgan fingerprint density at radius 3 is 2.42 bits per heavy atom. The Hall–Kier alpha value is -4.69. The summed E-state index contributed by atoms with van der Waals surface area (Å²) in [6.45, 7) is 4.97. The van der Waals surface area contributed by atoms with Crippen molar-refractivity contribution in [1.82, 2.24) is 25.9 Å². The van der Waals surface area contributed by atoms with Crippen molar-refractivity contribution >= 4 is 22.3 Å². The molecule has 4 N–H and O–H groups in total. The number of hydrogen-bond donors (Lipinski definition) is 4. The molecule has 1 fully saturated rings. The number of nitrogens with zero attached hydrogens (tertiary/aromatic N) is 5. The molecule has 1 aliphatic carbocycles. The van der Waals surface area contributed by atoms with E-state index in [4.69, 9.17) is 0 Å². The number of alkyl halides is 3. The molecule has 0 bridgehead atoms. The van der Waals surface area contributed by atoms with Crippen LogP contribution in [0.15, 0.2) is 42.1 Å². The first-order valence-corrected chi connectivity index (χ1v) is 13.4. The van der Waals surface area contributed by atoms with E-state index < -0.39 is 41.6 Å². The standard InChI is InChI=1S/C29H28F5N9/c1-15-19(5-6-21(30)39-15)24(25-26(31)43(42-41-25)28(4)7-8-28)40-18-9-16(11-35)22-20(10-18)23(17(12-36)13-37-22)38-14-27(2,3)29(32,33)34/h5-6,9-10,13,24,40-42H,7-8,14H2,1-4H3,(H,37,38)/t24-/m0/s1. The Bertz CT molecular complexity index is 1710. The molecule has 2 aliphatic rings. The van der Waals surface area contributed by atoms with E-state index in [1.54, 1.807) is 6.92 Å². The van der Waals surface area contributed by atoms with Gasteiger partial charge in [-0.25, -0.2) is 4.98 Å². The highest BCUT2D eigenvalue weighted by atomic mass is 19.4. The van der Waals surface area contributed by atoms with Crippen molar-refractivity contribution in [1.29, 1.82) is 10.5 Å². The van der Waals surface area contributed by atoms with Crippen LogP contribution in [0.5, 0.6) is 0 Å². The van der Waals surface area contributed by atoms with Gasteiger partial charge in [0.1, 0.15) is 17.8 Å². The number of fused-ring (bicyclic) bond motifs is 1. The van der Waals surface area contributed by atoms with Crippen molar-refractivity contribution in [2.24, 2.45) is 5.41 Å². The molecule has 0 unspecified atom stereocenters. The summed E-state index contributed by atoms with van der Waals surface area (Å²) in [5, 5.41) is 27.2. The molecule has 0 amide bonds. The average Bonchev–Trinajstić information content (AvgIpc) is 3.57. The van der Waals surface area contributed by atoms with Crippen LogP contribution in [-0.2, 0) is 0 Å². The molecule has 224 valence electrons. The molecule has 2 aromatic heterocycles. The number of nitrogens with one attached hydrogen (secondary N) is 4. The van der Waals surface area contributed by atoms with Gasteiger partial charge < -0.3 is 16.1 Å². The van der Waals surface area contributed by atoms with Crippen molar-refractivity contribution < 1.29 is 22.0 Å². The summed E-state index contributed by atoms with van der Waals surface area (Å²) in [6.07, 6.45) is -1.80. The maximum Gasteiger partial charge on any atom is 0.395 e. The van der Waals surface area contributed by atoms with Gasteiger partial charge in [0.25, 0.3) is 0 Å². The average molecular weight is 598 g/mol. The second-order valence-electron chi connectivity index (χ2n) is 11.6. The summed E-state index contributed by atoms with van der Waals surface area (Å²) < 4.78 is 70.6. The number of benzene rings is 1. The smallest absolute Gasteiger partial charge is 0.382 e. The molecule has 1 aliphatic heterocycles. The number of aryl methyl sites for hydroxylation is 1. The topological polar surface area (TPSA) is 125 Å². The normalized spacial score (nSPS) is 16.9. The Kier molecular flexibility index (Phi) is 7.30. The minimum atomic E-state index is -4.53. The zero-order valence-electron chi connectivity index (χ0n) is 23.7. The van der Waals surface area contributed by atoms with E-state index in [2.05, 4.69) is 31.6 Å². The lowest BCUT2D eigenvalue weighted by atomic mass is 9.92. The van der Waals surface area contributed by atoms with Gasteiger partial charge in [0.2, 0.25) is 11.9 Å². The number of hydrazine groups is 2. The minimum absolute atomic E-state index is 0.0228. The van der Waals surface area contributed by atoms with Crippen molar-refractivity contribution in [2.45, 2.75) is 58.3 Å². The number of hydrogen-bond acceptors (Lipinski definition) is 9. The summed E-state index contributed by atoms with van der Waals surface area (Å²) in [4.78, 5) is 8.11. The van der Waals surface area contributed by atoms with Crippen LogP contribution in [0, 0.1) is 40.9 Å². The zero-order valence-corrected chi connectivity index (χ0v) is 23.7. The van der Waals surface area contributed by atoms with Gasteiger partial charge in [-0.2, -0.15) is 32.5 Å². The molecule has 0 spiro atoms. The lowest BCUT2D eigenvalue weighted by molar-refractivity contribution is -0.206. The monoisotopic (exact) mass is 597 g/mol. The first-order chi connectivity index (χ1) is 20.2. The number of aromatic nitrogens is 2. The summed E-state index contributed by atoms with van der Waals surface area (Å²) in [6, 6.07) is 8.61. The molecule has 14 heteroatoms. The predicted molar refractivity (Wildman–Crippen MR) is 149 cm³/mol. The fraction of sp³-hybridized carbons (Fsp3) is 0.379. The van der Waals surface area contributed by atoms with Crippen LogP contribution in [0.25, 0.3) is 10.9 Å². The van der Waals surface area contributed by atoms with Crippen molar-refractivity contribution in [3.8, 4) is 12.1 Å². The molecular weight excluding hydrogens is 569 g/mol. The van der Waals surface area contributed by atoms with Crippen LogP contribution in [0.1, 0.15) is 62.0 Å². The maximum absolute atomic E-state index is 15.9. The molecule has 0 saturated heterocycles. The Balaban J connectivity index is 1.63. The van der Waals surface area contributed by atoms with Gasteiger partial charge in [0, 0.05) is 35.1 Å². The number of rotatable bonds is 8. The van der Waals surface area contributed by atoms with Crippen LogP contribution in [0.4, 0.5) is 33.3 Å². The van der Waals surface area contributed by atoms with E-state index in [1.165, 1.54) is 29.4 Å². The quantitative estimate of drug-likeness (QED) is 0.141. The van der Waals surface area contributed by atoms with E-state index >= 15 is 4.39 Å². The first kappa shape index (κ1) is 29.8. The number of pyridine rings is 2. The lowest BCUT2D eigenvalue weighted by Crippen LogP contribution is -2.44. The van der Waals surface area contributed by atoms with Gasteiger partial charge in [-0.15, -0.1) is 5.53 Å². The lowest BCUT2D eigenvalue weighted by Gasteiger charge is -2.29. The van der Waals surface area contributed by atoms with Gasteiger partial charge in [-0.1, -0.05) is 6.07 Å². The van der Waals surface area contributed by atoms with Crippen LogP contribution >= 0.6 is 0 Å². The number of anilines is 2. The van der Waals surface area contributed by atoms with Crippen LogP contribution in [-0.4, -0.2) is 33.2 Å². The summed E-state index contributed by atoms with van der Waals surface area (Å²) in [5.74, 6) is -1.31. The Labute approximate surface area is 244 Å². The summed E-state index contributed by atoms with van der Waals surface area (Å²) in [5.41, 5.74) is 4.47. The van der Waals surface area contributed by atoms with E-state index in [0.717, 1.165) is 32.8 Å². The molecule has 1 aromatic carbocycles. The molecule has 0 radical (unpaired) electrons. The highest BCUT2D eigenvalue weighted by molar-refractivity contribution is 5.99. The van der Waals surface area contributed by atoms with Gasteiger partial charge in [0.15, 0.2) is 0 Å². The molecule has 9 nitrogen and oxygen atoms in total. The number of halogens is 5. The predicted octanol–water partition coefficient (Wildman–Crippen LogP) is 5.99. The first-order valence-electron chi connectivity index (χ1n) is 13.4. The van der Waals surface area contributed by atoms with Gasteiger partial charge >= 0.3 is 6.18 Å². The molecule has 43 heavy (non-hydrogen) atoms. The van der Waals surface area contributed by atoms with Crippen molar-refractivity contribution in [2.75, 3.05) is 17.2 Å². The fourth-order valence-electron chi connectivity index (χ4n) is 4.78. The fourth-order valence-corrected chi connectivity index (χ4v) is 4.78. The van der Waals surface area contributed by atoms with E-state index in [-0.39, 0.29) is 44.8 Å². The molecule has 1 saturated carbocycles. The molecule has 3 heterocycles. The second-order valence-corrected chi connectivity index (χ2v) is 11.6. The molecule has 5 rings (SSSR count). The van der Waals surface area contributed by atoms with Crippen molar-refractivity contribution in [3.05, 3.63) is 70.4 Å². The largest absolute Gasteiger partial charge is 0.395 e. The highest BCUT2D eigenvalue weighted by Gasteiger charge is 2.49. The van der Waals surface area contributed by atoms with E-state index in [0.29, 0.717) is 5.56 Å². The maximum atomic E-state index is 15.9. The van der Waals surface area contributed by atoms with Crippen molar-refractivity contribution in [3.63, 3.8) is 0 Å².